The topological polar surface area (TPSA) is 54.9 Å². The predicted octanol–water partition coefficient (Wildman–Crippen LogP) is 3.06. The first-order valence-corrected chi connectivity index (χ1v) is 6.83. The Balaban J connectivity index is 1.91. The van der Waals surface area contributed by atoms with Crippen molar-refractivity contribution in [2.45, 2.75) is 13.3 Å². The van der Waals surface area contributed by atoms with E-state index in [0.717, 1.165) is 5.56 Å². The highest BCUT2D eigenvalue weighted by molar-refractivity contribution is 6.35. The van der Waals surface area contributed by atoms with Crippen LogP contribution in [-0.4, -0.2) is 22.4 Å². The van der Waals surface area contributed by atoms with Gasteiger partial charge < -0.3 is 5.32 Å². The van der Waals surface area contributed by atoms with Crippen molar-refractivity contribution in [3.8, 4) is 0 Å². The summed E-state index contributed by atoms with van der Waals surface area (Å²) in [5.74, 6) is 0.346. The molecule has 0 saturated carbocycles. The van der Waals surface area contributed by atoms with E-state index in [2.05, 4.69) is 15.3 Å². The number of halogens is 2. The molecule has 0 aliphatic rings. The molecule has 0 spiro atoms. The molecular weight excluding hydrogens is 297 g/mol. The number of aryl methyl sites for hydroxylation is 1. The Morgan fingerprint density at radius 1 is 1.30 bits per heavy atom. The van der Waals surface area contributed by atoms with Crippen LogP contribution >= 0.6 is 23.2 Å². The third kappa shape index (κ3) is 3.92. The molecule has 1 heterocycles. The monoisotopic (exact) mass is 309 g/mol. The van der Waals surface area contributed by atoms with Crippen LogP contribution in [0.25, 0.3) is 0 Å². The molecule has 6 heteroatoms. The Kier molecular flexibility index (Phi) is 4.93. The molecule has 1 aromatic heterocycles. The first-order chi connectivity index (χ1) is 9.56. The number of hydrogen-bond acceptors (Lipinski definition) is 3. The molecule has 0 aliphatic carbocycles. The van der Waals surface area contributed by atoms with Crippen LogP contribution in [0.3, 0.4) is 0 Å². The van der Waals surface area contributed by atoms with Crippen molar-refractivity contribution in [2.75, 3.05) is 6.54 Å². The van der Waals surface area contributed by atoms with Crippen LogP contribution in [0.15, 0.2) is 30.5 Å². The molecule has 0 saturated heterocycles. The summed E-state index contributed by atoms with van der Waals surface area (Å²) in [6.07, 6.45) is 2.19. The van der Waals surface area contributed by atoms with Gasteiger partial charge in [-0.2, -0.15) is 0 Å². The maximum absolute atomic E-state index is 11.9. The largest absolute Gasteiger partial charge is 0.350 e. The molecular formula is C14H13Cl2N3O. The van der Waals surface area contributed by atoms with Crippen LogP contribution in [0.1, 0.15) is 21.9 Å². The number of nitrogens with one attached hydrogen (secondary N) is 1. The summed E-state index contributed by atoms with van der Waals surface area (Å²) < 4.78 is 0. The van der Waals surface area contributed by atoms with Crippen LogP contribution in [0.2, 0.25) is 10.0 Å². The molecule has 0 radical (unpaired) electrons. The van der Waals surface area contributed by atoms with Crippen molar-refractivity contribution < 1.29 is 4.79 Å². The lowest BCUT2D eigenvalue weighted by molar-refractivity contribution is 0.0948. The number of amides is 1. The average molecular weight is 310 g/mol. The molecule has 2 aromatic rings. The van der Waals surface area contributed by atoms with Crippen molar-refractivity contribution in [1.82, 2.24) is 15.3 Å². The summed E-state index contributed by atoms with van der Waals surface area (Å²) in [6, 6.07) is 6.90. The maximum atomic E-state index is 11.9. The van der Waals surface area contributed by atoms with Gasteiger partial charge in [-0.05, 0) is 37.1 Å². The van der Waals surface area contributed by atoms with Gasteiger partial charge in [0, 0.05) is 22.8 Å². The Labute approximate surface area is 127 Å². The zero-order valence-electron chi connectivity index (χ0n) is 10.9. The summed E-state index contributed by atoms with van der Waals surface area (Å²) in [5.41, 5.74) is 1.30. The van der Waals surface area contributed by atoms with Crippen molar-refractivity contribution in [1.29, 1.82) is 0 Å². The third-order valence-electron chi connectivity index (χ3n) is 2.70. The zero-order valence-corrected chi connectivity index (χ0v) is 12.4. The van der Waals surface area contributed by atoms with Crippen LogP contribution < -0.4 is 5.32 Å². The summed E-state index contributed by atoms with van der Waals surface area (Å²) in [6.45, 7) is 2.22. The summed E-state index contributed by atoms with van der Waals surface area (Å²) in [7, 11) is 0. The van der Waals surface area contributed by atoms with E-state index in [9.17, 15) is 4.79 Å². The first kappa shape index (κ1) is 14.8. The summed E-state index contributed by atoms with van der Waals surface area (Å²) >= 11 is 11.9. The minimum absolute atomic E-state index is 0.222. The van der Waals surface area contributed by atoms with Crippen molar-refractivity contribution in [3.05, 3.63) is 57.6 Å². The molecule has 1 amide bonds. The molecule has 104 valence electrons. The summed E-state index contributed by atoms with van der Waals surface area (Å²) in [4.78, 5) is 19.9. The van der Waals surface area contributed by atoms with Crippen molar-refractivity contribution in [3.63, 3.8) is 0 Å². The fourth-order valence-corrected chi connectivity index (χ4v) is 2.21. The Bertz CT molecular complexity index is 632. The molecule has 1 aromatic carbocycles. The molecule has 0 bridgehead atoms. The van der Waals surface area contributed by atoms with E-state index < -0.39 is 0 Å². The molecule has 0 aliphatic heterocycles. The number of hydrogen-bond donors (Lipinski definition) is 1. The molecule has 0 unspecified atom stereocenters. The normalized spacial score (nSPS) is 10.3. The van der Waals surface area contributed by atoms with E-state index in [1.54, 1.807) is 31.3 Å². The molecule has 4 nitrogen and oxygen atoms in total. The number of nitrogens with zero attached hydrogens (tertiary/aromatic N) is 2. The van der Waals surface area contributed by atoms with E-state index in [1.165, 1.54) is 0 Å². The van der Waals surface area contributed by atoms with Gasteiger partial charge in [0.05, 0.1) is 0 Å². The highest BCUT2D eigenvalue weighted by Crippen LogP contribution is 2.21. The van der Waals surface area contributed by atoms with Gasteiger partial charge in [-0.25, -0.2) is 9.97 Å². The van der Waals surface area contributed by atoms with Gasteiger partial charge >= 0.3 is 0 Å². The molecule has 0 atom stereocenters. The number of rotatable bonds is 4. The van der Waals surface area contributed by atoms with Crippen LogP contribution in [0, 0.1) is 6.92 Å². The third-order valence-corrected chi connectivity index (χ3v) is 3.29. The average Bonchev–Trinajstić information content (AvgIpc) is 2.41. The maximum Gasteiger partial charge on any atom is 0.270 e. The standard InChI is InChI=1S/C14H13Cl2N3O/c1-9-17-7-5-13(19-9)14(20)18-6-4-10-2-3-11(15)8-12(10)16/h2-3,5,7-8H,4,6H2,1H3,(H,18,20). The molecule has 0 fully saturated rings. The number of aromatic nitrogens is 2. The van der Waals surface area contributed by atoms with Gasteiger partial charge in [-0.15, -0.1) is 0 Å². The fraction of sp³-hybridized carbons (Fsp3) is 0.214. The van der Waals surface area contributed by atoms with Gasteiger partial charge in [0.15, 0.2) is 0 Å². The molecule has 1 N–H and O–H groups in total. The van der Waals surface area contributed by atoms with Gasteiger partial charge in [0.25, 0.3) is 5.91 Å². The van der Waals surface area contributed by atoms with Crippen LogP contribution in [0.4, 0.5) is 0 Å². The number of carbonyl (C=O) groups is 1. The lowest BCUT2D eigenvalue weighted by Gasteiger charge is -2.07. The van der Waals surface area contributed by atoms with E-state index in [-0.39, 0.29) is 5.91 Å². The Hall–Kier alpha value is -1.65. The van der Waals surface area contributed by atoms with E-state index in [0.29, 0.717) is 34.5 Å². The quantitative estimate of drug-likeness (QED) is 0.944. The lowest BCUT2D eigenvalue weighted by Crippen LogP contribution is -2.26. The smallest absolute Gasteiger partial charge is 0.270 e. The van der Waals surface area contributed by atoms with Gasteiger partial charge in [-0.1, -0.05) is 29.3 Å². The van der Waals surface area contributed by atoms with E-state index in [1.807, 2.05) is 6.07 Å². The Morgan fingerprint density at radius 3 is 2.80 bits per heavy atom. The highest BCUT2D eigenvalue weighted by atomic mass is 35.5. The Morgan fingerprint density at radius 2 is 2.10 bits per heavy atom. The minimum Gasteiger partial charge on any atom is -0.350 e. The van der Waals surface area contributed by atoms with Crippen LogP contribution in [-0.2, 0) is 6.42 Å². The second-order valence-corrected chi connectivity index (χ2v) is 5.07. The van der Waals surface area contributed by atoms with Gasteiger partial charge in [0.2, 0.25) is 0 Å². The summed E-state index contributed by atoms with van der Waals surface area (Å²) in [5, 5.41) is 3.99. The highest BCUT2D eigenvalue weighted by Gasteiger charge is 2.07. The van der Waals surface area contributed by atoms with Crippen molar-refractivity contribution in [2.24, 2.45) is 0 Å². The molecule has 2 rings (SSSR count). The van der Waals surface area contributed by atoms with Gasteiger partial charge in [-0.3, -0.25) is 4.79 Å². The fourth-order valence-electron chi connectivity index (χ4n) is 1.71. The first-order valence-electron chi connectivity index (χ1n) is 6.08. The second kappa shape index (κ2) is 6.68. The lowest BCUT2D eigenvalue weighted by atomic mass is 10.1. The van der Waals surface area contributed by atoms with E-state index in [4.69, 9.17) is 23.2 Å². The van der Waals surface area contributed by atoms with Gasteiger partial charge in [0.1, 0.15) is 11.5 Å². The van der Waals surface area contributed by atoms with E-state index >= 15 is 0 Å². The number of benzene rings is 1. The number of carbonyl (C=O) groups excluding carboxylic acids is 1. The second-order valence-electron chi connectivity index (χ2n) is 4.23. The zero-order chi connectivity index (χ0) is 14.5. The van der Waals surface area contributed by atoms with Crippen molar-refractivity contribution >= 4 is 29.1 Å². The predicted molar refractivity (Wildman–Crippen MR) is 79.3 cm³/mol. The van der Waals surface area contributed by atoms with Crippen LogP contribution in [0.5, 0.6) is 0 Å². The minimum atomic E-state index is -0.222. The molecule has 20 heavy (non-hydrogen) atoms. The SMILES string of the molecule is Cc1nccc(C(=O)NCCc2ccc(Cl)cc2Cl)n1.